The molecule has 0 saturated carbocycles. The van der Waals surface area contributed by atoms with E-state index in [9.17, 15) is 9.59 Å². The fourth-order valence-electron chi connectivity index (χ4n) is 3.90. The number of nitrogens with one attached hydrogen (secondary N) is 1. The molecule has 2 aliphatic heterocycles. The molecule has 1 atom stereocenters. The first kappa shape index (κ1) is 19.9. The van der Waals surface area contributed by atoms with E-state index in [-0.39, 0.29) is 17.9 Å². The van der Waals surface area contributed by atoms with E-state index in [0.29, 0.717) is 24.4 Å². The van der Waals surface area contributed by atoms with Crippen molar-refractivity contribution >= 4 is 11.8 Å². The van der Waals surface area contributed by atoms with Crippen molar-refractivity contribution < 1.29 is 18.7 Å². The second-order valence-electron chi connectivity index (χ2n) is 7.44. The number of morpholine rings is 1. The molecule has 2 fully saturated rings. The lowest BCUT2D eigenvalue weighted by Gasteiger charge is -2.34. The van der Waals surface area contributed by atoms with Gasteiger partial charge in [0.2, 0.25) is 5.91 Å². The van der Waals surface area contributed by atoms with Gasteiger partial charge in [0.1, 0.15) is 17.6 Å². The first-order valence-corrected chi connectivity index (χ1v) is 10.0. The standard InChI is InChI=1S/C20H31N3O4/c1-15-14-17(16(2)27-15)20(25)23-9-4-3-6-18(23)19(24)21-7-5-8-22-10-12-26-13-11-22/h14,18H,3-13H2,1-2H3,(H,21,24). The Balaban J connectivity index is 1.52. The number of furan rings is 1. The van der Waals surface area contributed by atoms with Crippen molar-refractivity contribution in [3.05, 3.63) is 23.2 Å². The van der Waals surface area contributed by atoms with Crippen LogP contribution >= 0.6 is 0 Å². The summed E-state index contributed by atoms with van der Waals surface area (Å²) in [6, 6.07) is 1.38. The number of amides is 2. The largest absolute Gasteiger partial charge is 0.466 e. The molecular formula is C20H31N3O4. The van der Waals surface area contributed by atoms with Crippen LogP contribution in [0.4, 0.5) is 0 Å². The van der Waals surface area contributed by atoms with Crippen LogP contribution in [0.3, 0.4) is 0 Å². The number of likely N-dealkylation sites (tertiary alicyclic amines) is 1. The highest BCUT2D eigenvalue weighted by Crippen LogP contribution is 2.23. The van der Waals surface area contributed by atoms with Gasteiger partial charge in [-0.15, -0.1) is 0 Å². The molecule has 1 aromatic heterocycles. The van der Waals surface area contributed by atoms with Gasteiger partial charge in [-0.25, -0.2) is 0 Å². The zero-order valence-corrected chi connectivity index (χ0v) is 16.5. The van der Waals surface area contributed by atoms with Gasteiger partial charge in [0, 0.05) is 26.2 Å². The third-order valence-electron chi connectivity index (χ3n) is 5.39. The Bertz CT molecular complexity index is 652. The van der Waals surface area contributed by atoms with E-state index < -0.39 is 0 Å². The van der Waals surface area contributed by atoms with Crippen molar-refractivity contribution in [2.75, 3.05) is 45.9 Å². The molecule has 0 aliphatic carbocycles. The molecular weight excluding hydrogens is 346 g/mol. The van der Waals surface area contributed by atoms with Gasteiger partial charge in [0.05, 0.1) is 18.8 Å². The number of piperidine rings is 1. The number of hydrogen-bond acceptors (Lipinski definition) is 5. The van der Waals surface area contributed by atoms with Crippen molar-refractivity contribution in [3.63, 3.8) is 0 Å². The Morgan fingerprint density at radius 3 is 2.67 bits per heavy atom. The first-order valence-electron chi connectivity index (χ1n) is 10.0. The van der Waals surface area contributed by atoms with E-state index in [1.54, 1.807) is 17.9 Å². The lowest BCUT2D eigenvalue weighted by atomic mass is 10.00. The van der Waals surface area contributed by atoms with Gasteiger partial charge in [0.25, 0.3) is 5.91 Å². The van der Waals surface area contributed by atoms with Crippen molar-refractivity contribution in [2.24, 2.45) is 0 Å². The van der Waals surface area contributed by atoms with Crippen LogP contribution in [0.25, 0.3) is 0 Å². The monoisotopic (exact) mass is 377 g/mol. The molecule has 2 aliphatic rings. The zero-order chi connectivity index (χ0) is 19.2. The fourth-order valence-corrected chi connectivity index (χ4v) is 3.90. The van der Waals surface area contributed by atoms with Crippen LogP contribution in [0.5, 0.6) is 0 Å². The van der Waals surface area contributed by atoms with Gasteiger partial charge in [0.15, 0.2) is 0 Å². The molecule has 0 spiro atoms. The van der Waals surface area contributed by atoms with E-state index in [1.807, 2.05) is 6.92 Å². The number of aryl methyl sites for hydroxylation is 2. The molecule has 7 heteroatoms. The number of rotatable bonds is 6. The van der Waals surface area contributed by atoms with Crippen LogP contribution in [0.15, 0.2) is 10.5 Å². The molecule has 0 bridgehead atoms. The van der Waals surface area contributed by atoms with E-state index >= 15 is 0 Å². The first-order chi connectivity index (χ1) is 13.1. The normalized spacial score (nSPS) is 21.3. The van der Waals surface area contributed by atoms with Crippen molar-refractivity contribution in [3.8, 4) is 0 Å². The van der Waals surface area contributed by atoms with Gasteiger partial charge >= 0.3 is 0 Å². The molecule has 0 aromatic carbocycles. The Hall–Kier alpha value is -1.86. The minimum atomic E-state index is -0.385. The van der Waals surface area contributed by atoms with Gasteiger partial charge in [-0.2, -0.15) is 0 Å². The maximum atomic E-state index is 13.0. The molecule has 1 aromatic rings. The summed E-state index contributed by atoms with van der Waals surface area (Å²) in [5.41, 5.74) is 0.569. The SMILES string of the molecule is Cc1cc(C(=O)N2CCCCC2C(=O)NCCCN2CCOCC2)c(C)o1. The molecule has 150 valence electrons. The number of nitrogens with zero attached hydrogens (tertiary/aromatic N) is 2. The third kappa shape index (κ3) is 5.11. The maximum Gasteiger partial charge on any atom is 0.258 e. The second kappa shape index (κ2) is 9.37. The topological polar surface area (TPSA) is 75.0 Å². The van der Waals surface area contributed by atoms with E-state index in [4.69, 9.17) is 9.15 Å². The Morgan fingerprint density at radius 2 is 1.96 bits per heavy atom. The van der Waals surface area contributed by atoms with Gasteiger partial charge in [-0.05, 0) is 52.1 Å². The van der Waals surface area contributed by atoms with Crippen LogP contribution in [0.2, 0.25) is 0 Å². The van der Waals surface area contributed by atoms with Crippen molar-refractivity contribution in [2.45, 2.75) is 45.6 Å². The lowest BCUT2D eigenvalue weighted by Crippen LogP contribution is -2.52. The van der Waals surface area contributed by atoms with Crippen molar-refractivity contribution in [1.82, 2.24) is 15.1 Å². The lowest BCUT2D eigenvalue weighted by molar-refractivity contribution is -0.126. The highest BCUT2D eigenvalue weighted by atomic mass is 16.5. The second-order valence-corrected chi connectivity index (χ2v) is 7.44. The maximum absolute atomic E-state index is 13.0. The summed E-state index contributed by atoms with van der Waals surface area (Å²) >= 11 is 0. The average molecular weight is 377 g/mol. The molecule has 2 amide bonds. The highest BCUT2D eigenvalue weighted by molar-refractivity contribution is 5.98. The fraction of sp³-hybridized carbons (Fsp3) is 0.700. The molecule has 1 N–H and O–H groups in total. The van der Waals surface area contributed by atoms with Crippen LogP contribution < -0.4 is 5.32 Å². The van der Waals surface area contributed by atoms with Crippen LogP contribution in [-0.4, -0.2) is 73.6 Å². The summed E-state index contributed by atoms with van der Waals surface area (Å²) in [5.74, 6) is 1.20. The van der Waals surface area contributed by atoms with Crippen molar-refractivity contribution in [1.29, 1.82) is 0 Å². The summed E-state index contributed by atoms with van der Waals surface area (Å²) < 4.78 is 10.8. The predicted octanol–water partition coefficient (Wildman–Crippen LogP) is 1.73. The summed E-state index contributed by atoms with van der Waals surface area (Å²) in [6.07, 6.45) is 3.53. The van der Waals surface area contributed by atoms with Crippen LogP contribution in [0, 0.1) is 13.8 Å². The van der Waals surface area contributed by atoms with E-state index in [1.165, 1.54) is 0 Å². The minimum Gasteiger partial charge on any atom is -0.466 e. The Kier molecular flexibility index (Phi) is 6.90. The molecule has 7 nitrogen and oxygen atoms in total. The molecule has 1 unspecified atom stereocenters. The quantitative estimate of drug-likeness (QED) is 0.764. The third-order valence-corrected chi connectivity index (χ3v) is 5.39. The summed E-state index contributed by atoms with van der Waals surface area (Å²) in [7, 11) is 0. The van der Waals surface area contributed by atoms with Gasteiger partial charge in [-0.1, -0.05) is 0 Å². The number of hydrogen-bond donors (Lipinski definition) is 1. The van der Waals surface area contributed by atoms with Crippen LogP contribution in [-0.2, 0) is 9.53 Å². The smallest absolute Gasteiger partial charge is 0.258 e. The highest BCUT2D eigenvalue weighted by Gasteiger charge is 2.33. The van der Waals surface area contributed by atoms with Crippen LogP contribution in [0.1, 0.15) is 47.6 Å². The van der Waals surface area contributed by atoms with E-state index in [0.717, 1.165) is 64.3 Å². The number of ether oxygens (including phenoxy) is 1. The molecule has 2 saturated heterocycles. The van der Waals surface area contributed by atoms with E-state index in [2.05, 4.69) is 10.2 Å². The summed E-state index contributed by atoms with van der Waals surface area (Å²) in [5, 5.41) is 3.03. The molecule has 27 heavy (non-hydrogen) atoms. The summed E-state index contributed by atoms with van der Waals surface area (Å²) in [4.78, 5) is 29.8. The molecule has 3 rings (SSSR count). The Labute approximate surface area is 161 Å². The Morgan fingerprint density at radius 1 is 1.19 bits per heavy atom. The zero-order valence-electron chi connectivity index (χ0n) is 16.5. The van der Waals surface area contributed by atoms with Gasteiger partial charge < -0.3 is 19.4 Å². The average Bonchev–Trinajstić information content (AvgIpc) is 3.03. The number of carbonyl (C=O) groups is 2. The molecule has 0 radical (unpaired) electrons. The number of carbonyl (C=O) groups excluding carboxylic acids is 2. The summed E-state index contributed by atoms with van der Waals surface area (Å²) in [6.45, 7) is 9.35. The molecule has 3 heterocycles. The minimum absolute atomic E-state index is 0.0390. The predicted molar refractivity (Wildman–Crippen MR) is 102 cm³/mol. The van der Waals surface area contributed by atoms with Gasteiger partial charge in [-0.3, -0.25) is 14.5 Å².